The van der Waals surface area contributed by atoms with E-state index in [0.29, 0.717) is 12.3 Å². The minimum atomic E-state index is -2.72. The van der Waals surface area contributed by atoms with Gasteiger partial charge in [-0.05, 0) is 6.42 Å². The highest BCUT2D eigenvalue weighted by molar-refractivity contribution is 7.83. The molecular formula is C8H13O3P. The van der Waals surface area contributed by atoms with Gasteiger partial charge in [0.05, 0.1) is 0 Å². The number of hydrogen-bond donors (Lipinski definition) is 0. The van der Waals surface area contributed by atoms with E-state index in [0.717, 1.165) is 12.8 Å². The van der Waals surface area contributed by atoms with Crippen LogP contribution in [-0.4, -0.2) is 23.6 Å². The number of Topliss-reactive ketones (excluding diaryl/α,β-unsaturated/α-hetero) is 1. The Morgan fingerprint density at radius 2 is 2.08 bits per heavy atom. The van der Waals surface area contributed by atoms with Crippen molar-refractivity contribution in [1.82, 2.24) is 0 Å². The summed E-state index contributed by atoms with van der Waals surface area (Å²) >= 11 is 0. The fourth-order valence-corrected chi connectivity index (χ4v) is 3.93. The summed E-state index contributed by atoms with van der Waals surface area (Å²) in [6.07, 6.45) is 2.68. The third-order valence-electron chi connectivity index (χ3n) is 2.18. The molecule has 1 heterocycles. The summed E-state index contributed by atoms with van der Waals surface area (Å²) < 4.78 is 11.7. The first-order valence-electron chi connectivity index (χ1n) is 4.26. The molecule has 0 aromatic heterocycles. The van der Waals surface area contributed by atoms with Gasteiger partial charge in [-0.1, -0.05) is 13.3 Å². The van der Waals surface area contributed by atoms with Crippen LogP contribution in [0.15, 0.2) is 0 Å². The molecule has 0 spiro atoms. The Kier molecular flexibility index (Phi) is 2.84. The molecule has 12 heavy (non-hydrogen) atoms. The summed E-state index contributed by atoms with van der Waals surface area (Å²) in [5.41, 5.74) is -0.573. The normalized spacial score (nSPS) is 29.8. The third kappa shape index (κ3) is 1.66. The Bertz CT molecular complexity index is 257. The molecule has 68 valence electrons. The summed E-state index contributed by atoms with van der Waals surface area (Å²) in [5.74, 6) is -0.422. The molecule has 1 rings (SSSR count). The van der Waals surface area contributed by atoms with Crippen LogP contribution in [0.4, 0.5) is 0 Å². The van der Waals surface area contributed by atoms with Crippen molar-refractivity contribution in [2.24, 2.45) is 0 Å². The van der Waals surface area contributed by atoms with Gasteiger partial charge < -0.3 is 4.57 Å². The van der Waals surface area contributed by atoms with Gasteiger partial charge in [-0.25, -0.2) is 0 Å². The van der Waals surface area contributed by atoms with Crippen molar-refractivity contribution in [1.29, 1.82) is 0 Å². The highest BCUT2D eigenvalue weighted by Crippen LogP contribution is 2.52. The van der Waals surface area contributed by atoms with Gasteiger partial charge in [0.1, 0.15) is 0 Å². The fraction of sp³-hybridized carbons (Fsp3) is 0.750. The number of hydrogen-bond acceptors (Lipinski definition) is 3. The zero-order chi connectivity index (χ0) is 9.19. The summed E-state index contributed by atoms with van der Waals surface area (Å²) in [6.45, 7) is 1.98. The van der Waals surface area contributed by atoms with Gasteiger partial charge in [0.15, 0.2) is 7.14 Å². The molecule has 0 aromatic carbocycles. The van der Waals surface area contributed by atoms with Crippen LogP contribution >= 0.6 is 7.14 Å². The molecular weight excluding hydrogens is 175 g/mol. The first-order valence-corrected chi connectivity index (χ1v) is 6.33. The van der Waals surface area contributed by atoms with Gasteiger partial charge >= 0.3 is 0 Å². The van der Waals surface area contributed by atoms with E-state index in [-0.39, 0.29) is 6.42 Å². The molecule has 1 saturated heterocycles. The lowest BCUT2D eigenvalue weighted by molar-refractivity contribution is -0.131. The van der Waals surface area contributed by atoms with Crippen LogP contribution in [0.5, 0.6) is 0 Å². The van der Waals surface area contributed by atoms with Gasteiger partial charge in [-0.3, -0.25) is 9.59 Å². The van der Waals surface area contributed by atoms with E-state index in [4.69, 9.17) is 0 Å². The minimum Gasteiger partial charge on any atom is -0.315 e. The van der Waals surface area contributed by atoms with Crippen molar-refractivity contribution >= 4 is 18.4 Å². The predicted molar refractivity (Wildman–Crippen MR) is 46.9 cm³/mol. The molecule has 0 N–H and O–H groups in total. The van der Waals surface area contributed by atoms with E-state index in [1.54, 1.807) is 0 Å². The molecule has 1 aliphatic rings. The van der Waals surface area contributed by atoms with Gasteiger partial charge in [0, 0.05) is 18.7 Å². The first-order chi connectivity index (χ1) is 5.60. The van der Waals surface area contributed by atoms with Gasteiger partial charge in [0.2, 0.25) is 5.78 Å². The van der Waals surface area contributed by atoms with Gasteiger partial charge in [-0.15, -0.1) is 0 Å². The highest BCUT2D eigenvalue weighted by Gasteiger charge is 2.41. The van der Waals surface area contributed by atoms with Gasteiger partial charge in [-0.2, -0.15) is 0 Å². The predicted octanol–water partition coefficient (Wildman–Crippen LogP) is 1.65. The molecule has 0 saturated carbocycles. The SMILES string of the molecule is CCCCP1(=O)CCC(=O)C1=O. The van der Waals surface area contributed by atoms with Crippen molar-refractivity contribution in [3.05, 3.63) is 0 Å². The molecule has 3 nitrogen and oxygen atoms in total. The van der Waals surface area contributed by atoms with Crippen molar-refractivity contribution in [3.8, 4) is 0 Å². The van der Waals surface area contributed by atoms with Crippen LogP contribution in [0.1, 0.15) is 26.2 Å². The third-order valence-corrected chi connectivity index (χ3v) is 5.16. The smallest absolute Gasteiger partial charge is 0.256 e. The van der Waals surface area contributed by atoms with Crippen LogP contribution < -0.4 is 0 Å². The van der Waals surface area contributed by atoms with Crippen molar-refractivity contribution in [2.75, 3.05) is 12.3 Å². The molecule has 1 aliphatic heterocycles. The Morgan fingerprint density at radius 1 is 1.42 bits per heavy atom. The molecule has 0 aromatic rings. The maximum Gasteiger partial charge on any atom is 0.256 e. The molecule has 4 heteroatoms. The number of ketones is 1. The van der Waals surface area contributed by atoms with Crippen LogP contribution in [0.2, 0.25) is 0 Å². The van der Waals surface area contributed by atoms with Gasteiger partial charge in [0.25, 0.3) is 5.52 Å². The fourth-order valence-electron chi connectivity index (χ4n) is 1.34. The average Bonchev–Trinajstić information content (AvgIpc) is 2.31. The highest BCUT2D eigenvalue weighted by atomic mass is 31.2. The lowest BCUT2D eigenvalue weighted by Gasteiger charge is -2.05. The number of unbranched alkanes of at least 4 members (excludes halogenated alkanes) is 1. The molecule has 1 atom stereocenters. The van der Waals surface area contributed by atoms with Crippen molar-refractivity contribution in [3.63, 3.8) is 0 Å². The molecule has 1 fully saturated rings. The molecule has 0 aliphatic carbocycles. The summed E-state index contributed by atoms with van der Waals surface area (Å²) in [7, 11) is -2.72. The van der Waals surface area contributed by atoms with E-state index < -0.39 is 18.4 Å². The van der Waals surface area contributed by atoms with Crippen LogP contribution in [0.25, 0.3) is 0 Å². The maximum atomic E-state index is 11.7. The van der Waals surface area contributed by atoms with E-state index in [1.807, 2.05) is 6.92 Å². The zero-order valence-corrected chi connectivity index (χ0v) is 8.10. The summed E-state index contributed by atoms with van der Waals surface area (Å²) in [6, 6.07) is 0. The topological polar surface area (TPSA) is 51.2 Å². The molecule has 0 amide bonds. The lowest BCUT2D eigenvalue weighted by atomic mass is 10.3. The Labute approximate surface area is 71.9 Å². The molecule has 1 unspecified atom stereocenters. The largest absolute Gasteiger partial charge is 0.315 e. The van der Waals surface area contributed by atoms with E-state index in [2.05, 4.69) is 0 Å². The molecule has 0 bridgehead atoms. The zero-order valence-electron chi connectivity index (χ0n) is 7.21. The Morgan fingerprint density at radius 3 is 2.50 bits per heavy atom. The molecule has 0 radical (unpaired) electrons. The summed E-state index contributed by atoms with van der Waals surface area (Å²) in [5, 5.41) is 0. The van der Waals surface area contributed by atoms with Crippen LogP contribution in [0.3, 0.4) is 0 Å². The summed E-state index contributed by atoms with van der Waals surface area (Å²) in [4.78, 5) is 22.0. The van der Waals surface area contributed by atoms with Crippen LogP contribution in [-0.2, 0) is 14.2 Å². The minimum absolute atomic E-state index is 0.208. The van der Waals surface area contributed by atoms with Crippen molar-refractivity contribution < 1.29 is 14.2 Å². The second-order valence-corrected chi connectivity index (χ2v) is 6.25. The number of carbonyl (C=O) groups is 2. The standard InChI is InChI=1S/C8H13O3P/c1-2-3-5-12(11)6-4-7(9)8(12)10/h2-6H2,1H3. The second-order valence-electron chi connectivity index (χ2n) is 3.17. The first kappa shape index (κ1) is 9.66. The van der Waals surface area contributed by atoms with Crippen molar-refractivity contribution in [2.45, 2.75) is 26.2 Å². The average molecular weight is 188 g/mol. The lowest BCUT2D eigenvalue weighted by Crippen LogP contribution is -2.05. The Hall–Kier alpha value is -0.430. The van der Waals surface area contributed by atoms with E-state index >= 15 is 0 Å². The quantitative estimate of drug-likeness (QED) is 0.499. The maximum absolute atomic E-state index is 11.7. The number of carbonyl (C=O) groups excluding carboxylic acids is 2. The monoisotopic (exact) mass is 188 g/mol. The second kappa shape index (κ2) is 3.53. The van der Waals surface area contributed by atoms with E-state index in [9.17, 15) is 14.2 Å². The van der Waals surface area contributed by atoms with E-state index in [1.165, 1.54) is 0 Å². The number of rotatable bonds is 3. The Balaban J connectivity index is 2.67. The van der Waals surface area contributed by atoms with Crippen LogP contribution in [0, 0.1) is 0 Å².